The van der Waals surface area contributed by atoms with Gasteiger partial charge in [0.25, 0.3) is 0 Å². The third kappa shape index (κ3) is 5.45. The van der Waals surface area contributed by atoms with E-state index in [9.17, 15) is 16.8 Å². The zero-order chi connectivity index (χ0) is 14.7. The van der Waals surface area contributed by atoms with Gasteiger partial charge in [-0.2, -0.15) is 0 Å². The first-order valence-electron chi connectivity index (χ1n) is 5.17. The quantitative estimate of drug-likeness (QED) is 0.477. The van der Waals surface area contributed by atoms with Gasteiger partial charge in [0.2, 0.25) is 20.0 Å². The van der Waals surface area contributed by atoms with Gasteiger partial charge in [-0.25, -0.2) is 26.7 Å². The number of sulfonamides is 2. The summed E-state index contributed by atoms with van der Waals surface area (Å²) in [5, 5.41) is 4.81. The molecule has 7 nitrogen and oxygen atoms in total. The van der Waals surface area contributed by atoms with Gasteiger partial charge in [-0.1, -0.05) is 15.9 Å². The van der Waals surface area contributed by atoms with E-state index in [2.05, 4.69) is 20.7 Å². The summed E-state index contributed by atoms with van der Waals surface area (Å²) in [6, 6.07) is 4.38. The molecule has 1 rings (SSSR count). The lowest BCUT2D eigenvalue weighted by Crippen LogP contribution is -2.28. The molecule has 108 valence electrons. The van der Waals surface area contributed by atoms with E-state index < -0.39 is 20.0 Å². The highest BCUT2D eigenvalue weighted by molar-refractivity contribution is 9.10. The number of hydrogen-bond donors (Lipinski definition) is 3. The molecule has 0 saturated heterocycles. The molecule has 1 aromatic rings. The first-order chi connectivity index (χ1) is 8.62. The Morgan fingerprint density at radius 1 is 1.21 bits per heavy atom. The van der Waals surface area contributed by atoms with Crippen LogP contribution in [-0.2, 0) is 20.0 Å². The molecule has 0 atom stereocenters. The Bertz CT molecular complexity index is 658. The van der Waals surface area contributed by atoms with Gasteiger partial charge >= 0.3 is 0 Å². The van der Waals surface area contributed by atoms with Crippen LogP contribution >= 0.6 is 15.9 Å². The maximum Gasteiger partial charge on any atom is 0.242 e. The summed E-state index contributed by atoms with van der Waals surface area (Å²) in [5.41, 5.74) is 5.72. The van der Waals surface area contributed by atoms with Crippen molar-refractivity contribution in [3.8, 4) is 0 Å². The Kier molecular flexibility index (Phi) is 5.33. The van der Waals surface area contributed by atoms with Gasteiger partial charge < -0.3 is 5.73 Å². The number of nitrogen functional groups attached to an aromatic ring is 1. The van der Waals surface area contributed by atoms with E-state index in [-0.39, 0.29) is 29.3 Å². The topological polar surface area (TPSA) is 132 Å². The number of primary sulfonamides is 1. The number of rotatable bonds is 6. The molecule has 0 unspecified atom stereocenters. The predicted octanol–water partition coefficient (Wildman–Crippen LogP) is -0.0118. The molecule has 0 aromatic heterocycles. The first kappa shape index (κ1) is 16.4. The SMILES string of the molecule is Nc1cc(Br)ccc1S(=O)(=O)NCCCS(N)(=O)=O. The van der Waals surface area contributed by atoms with E-state index in [1.165, 1.54) is 12.1 Å². The average Bonchev–Trinajstić information content (AvgIpc) is 2.22. The number of nitrogens with two attached hydrogens (primary N) is 2. The molecule has 0 saturated carbocycles. The molecule has 10 heteroatoms. The lowest BCUT2D eigenvalue weighted by atomic mass is 10.3. The summed E-state index contributed by atoms with van der Waals surface area (Å²) in [5.74, 6) is -0.286. The maximum absolute atomic E-state index is 11.9. The van der Waals surface area contributed by atoms with Crippen molar-refractivity contribution in [2.75, 3.05) is 18.0 Å². The monoisotopic (exact) mass is 371 g/mol. The van der Waals surface area contributed by atoms with Crippen LogP contribution in [0.4, 0.5) is 5.69 Å². The molecule has 5 N–H and O–H groups in total. The van der Waals surface area contributed by atoms with Crippen LogP contribution < -0.4 is 15.6 Å². The fourth-order valence-corrected chi connectivity index (χ4v) is 3.43. The summed E-state index contributed by atoms with van der Waals surface area (Å²) in [6.07, 6.45) is 0.0918. The van der Waals surface area contributed by atoms with Crippen molar-refractivity contribution in [1.29, 1.82) is 0 Å². The lowest BCUT2D eigenvalue weighted by Gasteiger charge is -2.09. The largest absolute Gasteiger partial charge is 0.398 e. The van der Waals surface area contributed by atoms with Gasteiger partial charge in [0.15, 0.2) is 0 Å². The summed E-state index contributed by atoms with van der Waals surface area (Å²) in [6.45, 7) is -0.0335. The number of anilines is 1. The van der Waals surface area contributed by atoms with Crippen LogP contribution in [0.3, 0.4) is 0 Å². The second-order valence-corrected chi connectivity index (χ2v) is 8.19. The number of hydrogen-bond acceptors (Lipinski definition) is 5. The van der Waals surface area contributed by atoms with Crippen molar-refractivity contribution in [2.24, 2.45) is 5.14 Å². The van der Waals surface area contributed by atoms with Crippen LogP contribution in [0.5, 0.6) is 0 Å². The standard InChI is InChI=1S/C9H14BrN3O4S2/c10-7-2-3-9(8(11)6-7)19(16,17)13-4-1-5-18(12,14)15/h2-3,6,13H,1,4-5,11H2,(H2,12,14,15). The molecule has 1 aromatic carbocycles. The van der Waals surface area contributed by atoms with Crippen molar-refractivity contribution in [3.05, 3.63) is 22.7 Å². The third-order valence-corrected chi connectivity index (χ3v) is 5.05. The van der Waals surface area contributed by atoms with E-state index in [1.54, 1.807) is 6.07 Å². The molecular weight excluding hydrogens is 358 g/mol. The molecule has 0 amide bonds. The summed E-state index contributed by atoms with van der Waals surface area (Å²) >= 11 is 3.17. The molecule has 19 heavy (non-hydrogen) atoms. The van der Waals surface area contributed by atoms with Gasteiger partial charge in [-0.05, 0) is 24.6 Å². The first-order valence-corrected chi connectivity index (χ1v) is 9.16. The van der Waals surface area contributed by atoms with Gasteiger partial charge in [-0.3, -0.25) is 0 Å². The lowest BCUT2D eigenvalue weighted by molar-refractivity contribution is 0.577. The van der Waals surface area contributed by atoms with Gasteiger partial charge in [0.1, 0.15) is 4.90 Å². The number of nitrogens with one attached hydrogen (secondary N) is 1. The van der Waals surface area contributed by atoms with E-state index in [1.807, 2.05) is 0 Å². The highest BCUT2D eigenvalue weighted by atomic mass is 79.9. The maximum atomic E-state index is 11.9. The number of benzene rings is 1. The van der Waals surface area contributed by atoms with Crippen LogP contribution in [-0.4, -0.2) is 29.1 Å². The molecular formula is C9H14BrN3O4S2. The molecule has 0 heterocycles. The minimum absolute atomic E-state index is 0.0335. The summed E-state index contributed by atoms with van der Waals surface area (Å²) < 4.78 is 48.1. The van der Waals surface area contributed by atoms with Crippen molar-refractivity contribution in [1.82, 2.24) is 4.72 Å². The molecule has 0 bridgehead atoms. The fourth-order valence-electron chi connectivity index (χ4n) is 1.32. The van der Waals surface area contributed by atoms with Crippen LogP contribution in [0.2, 0.25) is 0 Å². The number of halogens is 1. The molecule has 0 spiro atoms. The fraction of sp³-hybridized carbons (Fsp3) is 0.333. The zero-order valence-corrected chi connectivity index (χ0v) is 13.1. The van der Waals surface area contributed by atoms with E-state index in [0.29, 0.717) is 4.47 Å². The van der Waals surface area contributed by atoms with E-state index >= 15 is 0 Å². The smallest absolute Gasteiger partial charge is 0.242 e. The van der Waals surface area contributed by atoms with E-state index in [4.69, 9.17) is 10.9 Å². The molecule has 0 aliphatic rings. The van der Waals surface area contributed by atoms with Gasteiger partial charge in [-0.15, -0.1) is 0 Å². The highest BCUT2D eigenvalue weighted by Gasteiger charge is 2.17. The van der Waals surface area contributed by atoms with Gasteiger partial charge in [0, 0.05) is 11.0 Å². The Morgan fingerprint density at radius 2 is 1.84 bits per heavy atom. The second-order valence-electron chi connectivity index (χ2n) is 3.80. The molecule has 0 aliphatic heterocycles. The van der Waals surface area contributed by atoms with Crippen molar-refractivity contribution >= 4 is 41.7 Å². The minimum Gasteiger partial charge on any atom is -0.398 e. The average molecular weight is 372 g/mol. The van der Waals surface area contributed by atoms with Crippen molar-refractivity contribution in [3.63, 3.8) is 0 Å². The normalized spacial score (nSPS) is 12.5. The highest BCUT2D eigenvalue weighted by Crippen LogP contribution is 2.22. The summed E-state index contributed by atoms with van der Waals surface area (Å²) in [4.78, 5) is -0.0497. The van der Waals surface area contributed by atoms with Crippen molar-refractivity contribution in [2.45, 2.75) is 11.3 Å². The predicted molar refractivity (Wildman–Crippen MR) is 76.3 cm³/mol. The Balaban J connectivity index is 2.71. The zero-order valence-electron chi connectivity index (χ0n) is 9.84. The van der Waals surface area contributed by atoms with Crippen LogP contribution in [0.1, 0.15) is 6.42 Å². The third-order valence-electron chi connectivity index (χ3n) is 2.16. The Morgan fingerprint density at radius 3 is 2.37 bits per heavy atom. The summed E-state index contributed by atoms with van der Waals surface area (Å²) in [7, 11) is -7.34. The van der Waals surface area contributed by atoms with Gasteiger partial charge in [0.05, 0.1) is 11.4 Å². The molecule has 0 radical (unpaired) electrons. The Hall–Kier alpha value is -0.680. The molecule has 0 aliphatic carbocycles. The molecule has 0 fully saturated rings. The van der Waals surface area contributed by atoms with Crippen LogP contribution in [0.25, 0.3) is 0 Å². The van der Waals surface area contributed by atoms with E-state index in [0.717, 1.165) is 0 Å². The van der Waals surface area contributed by atoms with Crippen LogP contribution in [0, 0.1) is 0 Å². The second kappa shape index (κ2) is 6.18. The minimum atomic E-state index is -3.76. The van der Waals surface area contributed by atoms with Crippen LogP contribution in [0.15, 0.2) is 27.6 Å². The Labute approximate surface area is 120 Å². The van der Waals surface area contributed by atoms with Crippen molar-refractivity contribution < 1.29 is 16.8 Å².